The quantitative estimate of drug-likeness (QED) is 0.568. The molecule has 1 fully saturated rings. The topological polar surface area (TPSA) is 91.2 Å². The highest BCUT2D eigenvalue weighted by Crippen LogP contribution is 2.41. The molecule has 0 spiro atoms. The van der Waals surface area contributed by atoms with Crippen molar-refractivity contribution in [1.29, 1.82) is 0 Å². The van der Waals surface area contributed by atoms with Gasteiger partial charge in [-0.1, -0.05) is 11.8 Å². The molecule has 29 heavy (non-hydrogen) atoms. The lowest BCUT2D eigenvalue weighted by Gasteiger charge is -2.11. The Kier molecular flexibility index (Phi) is 5.66. The number of amides is 1. The first kappa shape index (κ1) is 19.3. The van der Waals surface area contributed by atoms with Crippen LogP contribution in [0.4, 0.5) is 5.69 Å². The second-order valence-corrected chi connectivity index (χ2v) is 7.49. The molecule has 2 aromatic heterocycles. The molecule has 9 heteroatoms. The molecule has 3 aromatic rings. The highest BCUT2D eigenvalue weighted by atomic mass is 32.2. The van der Waals surface area contributed by atoms with Crippen molar-refractivity contribution in [2.45, 2.75) is 24.0 Å². The molecule has 2 heterocycles. The summed E-state index contributed by atoms with van der Waals surface area (Å²) in [5, 5.41) is 12.3. The van der Waals surface area contributed by atoms with Gasteiger partial charge in [-0.15, -0.1) is 10.2 Å². The molecule has 0 saturated heterocycles. The van der Waals surface area contributed by atoms with E-state index in [-0.39, 0.29) is 11.7 Å². The van der Waals surface area contributed by atoms with Crippen molar-refractivity contribution in [3.8, 4) is 22.9 Å². The van der Waals surface area contributed by atoms with Crippen LogP contribution in [0, 0.1) is 0 Å². The van der Waals surface area contributed by atoms with Crippen LogP contribution >= 0.6 is 11.8 Å². The number of nitrogens with one attached hydrogen (secondary N) is 1. The molecular weight excluding hydrogens is 390 g/mol. The number of anilines is 1. The molecule has 0 radical (unpaired) electrons. The third-order valence-electron chi connectivity index (χ3n) is 4.51. The Morgan fingerprint density at radius 3 is 2.59 bits per heavy atom. The van der Waals surface area contributed by atoms with Gasteiger partial charge in [0.25, 0.3) is 0 Å². The van der Waals surface area contributed by atoms with E-state index in [2.05, 4.69) is 25.1 Å². The van der Waals surface area contributed by atoms with E-state index in [1.165, 1.54) is 11.8 Å². The van der Waals surface area contributed by atoms with Gasteiger partial charge in [-0.3, -0.25) is 14.3 Å². The number of aromatic nitrogens is 4. The minimum atomic E-state index is -0.127. The number of pyridine rings is 1. The lowest BCUT2D eigenvalue weighted by molar-refractivity contribution is -0.113. The summed E-state index contributed by atoms with van der Waals surface area (Å²) in [6, 6.07) is 9.49. The van der Waals surface area contributed by atoms with E-state index in [1.807, 2.05) is 12.1 Å². The highest BCUT2D eigenvalue weighted by molar-refractivity contribution is 7.99. The summed E-state index contributed by atoms with van der Waals surface area (Å²) in [5.41, 5.74) is 1.62. The number of carbonyl (C=O) groups excluding carboxylic acids is 1. The predicted octanol–water partition coefficient (Wildman–Crippen LogP) is 3.42. The Morgan fingerprint density at radius 1 is 1.14 bits per heavy atom. The van der Waals surface area contributed by atoms with Gasteiger partial charge in [0, 0.05) is 35.8 Å². The van der Waals surface area contributed by atoms with Crippen LogP contribution in [0.5, 0.6) is 11.5 Å². The zero-order chi connectivity index (χ0) is 20.2. The molecule has 1 aliphatic rings. The van der Waals surface area contributed by atoms with E-state index in [0.29, 0.717) is 23.2 Å². The second-order valence-electron chi connectivity index (χ2n) is 6.55. The third kappa shape index (κ3) is 4.34. The predicted molar refractivity (Wildman–Crippen MR) is 110 cm³/mol. The first-order valence-electron chi connectivity index (χ1n) is 9.19. The second kappa shape index (κ2) is 8.52. The third-order valence-corrected chi connectivity index (χ3v) is 5.46. The first-order valence-corrected chi connectivity index (χ1v) is 10.2. The molecular formula is C20H21N5O3S. The standard InChI is InChI=1S/C20H21N5O3S/c1-27-16-6-3-14(11-17(16)28-2)22-18(26)12-29-20-24-23-19(25(20)15-4-5-15)13-7-9-21-10-8-13/h3,6-11,15H,4-5,12H2,1-2H3,(H,22,26). The van der Waals surface area contributed by atoms with Gasteiger partial charge in [0.05, 0.1) is 20.0 Å². The van der Waals surface area contributed by atoms with E-state index < -0.39 is 0 Å². The zero-order valence-electron chi connectivity index (χ0n) is 16.2. The Balaban J connectivity index is 1.44. The molecule has 1 aromatic carbocycles. The van der Waals surface area contributed by atoms with Crippen LogP contribution < -0.4 is 14.8 Å². The maximum absolute atomic E-state index is 12.4. The van der Waals surface area contributed by atoms with Crippen LogP contribution in [-0.2, 0) is 4.79 Å². The van der Waals surface area contributed by atoms with Crippen molar-refractivity contribution in [2.24, 2.45) is 0 Å². The van der Waals surface area contributed by atoms with Gasteiger partial charge >= 0.3 is 0 Å². The zero-order valence-corrected chi connectivity index (χ0v) is 17.0. The van der Waals surface area contributed by atoms with Crippen LogP contribution in [0.1, 0.15) is 18.9 Å². The van der Waals surface area contributed by atoms with Crippen molar-refractivity contribution >= 4 is 23.4 Å². The summed E-state index contributed by atoms with van der Waals surface area (Å²) >= 11 is 1.38. The van der Waals surface area contributed by atoms with Gasteiger partial charge in [0.2, 0.25) is 5.91 Å². The smallest absolute Gasteiger partial charge is 0.234 e. The highest BCUT2D eigenvalue weighted by Gasteiger charge is 2.30. The normalized spacial score (nSPS) is 13.2. The minimum Gasteiger partial charge on any atom is -0.493 e. The summed E-state index contributed by atoms with van der Waals surface area (Å²) in [6.45, 7) is 0. The number of carbonyl (C=O) groups is 1. The molecule has 8 nitrogen and oxygen atoms in total. The van der Waals surface area contributed by atoms with Gasteiger partial charge in [0.15, 0.2) is 22.5 Å². The fraction of sp³-hybridized carbons (Fsp3) is 0.300. The number of nitrogens with zero attached hydrogens (tertiary/aromatic N) is 4. The first-order chi connectivity index (χ1) is 14.2. The lowest BCUT2D eigenvalue weighted by atomic mass is 10.2. The maximum atomic E-state index is 12.4. The number of methoxy groups -OCH3 is 2. The number of thioether (sulfide) groups is 1. The SMILES string of the molecule is COc1ccc(NC(=O)CSc2nnc(-c3ccncc3)n2C2CC2)cc1OC. The number of hydrogen-bond acceptors (Lipinski definition) is 7. The van der Waals surface area contributed by atoms with Crippen molar-refractivity contribution in [3.05, 3.63) is 42.7 Å². The molecule has 0 aliphatic heterocycles. The summed E-state index contributed by atoms with van der Waals surface area (Å²) in [7, 11) is 3.13. The van der Waals surface area contributed by atoms with E-state index in [4.69, 9.17) is 9.47 Å². The Bertz CT molecular complexity index is 1000. The lowest BCUT2D eigenvalue weighted by Crippen LogP contribution is -2.14. The van der Waals surface area contributed by atoms with Crippen molar-refractivity contribution < 1.29 is 14.3 Å². The monoisotopic (exact) mass is 411 g/mol. The number of ether oxygens (including phenoxy) is 2. The fourth-order valence-electron chi connectivity index (χ4n) is 2.98. The maximum Gasteiger partial charge on any atom is 0.234 e. The molecule has 1 amide bonds. The van der Waals surface area contributed by atoms with Crippen molar-refractivity contribution in [1.82, 2.24) is 19.7 Å². The molecule has 150 valence electrons. The fourth-order valence-corrected chi connectivity index (χ4v) is 3.78. The van der Waals surface area contributed by atoms with Gasteiger partial charge in [-0.2, -0.15) is 0 Å². The van der Waals surface area contributed by atoms with Gasteiger partial charge in [-0.25, -0.2) is 0 Å². The Morgan fingerprint density at radius 2 is 1.90 bits per heavy atom. The molecule has 1 N–H and O–H groups in total. The van der Waals surface area contributed by atoms with Crippen LogP contribution in [0.15, 0.2) is 47.9 Å². The number of benzene rings is 1. The van der Waals surface area contributed by atoms with Crippen LogP contribution in [0.25, 0.3) is 11.4 Å². The minimum absolute atomic E-state index is 0.127. The molecule has 1 aliphatic carbocycles. The van der Waals surface area contributed by atoms with E-state index in [1.54, 1.807) is 44.8 Å². The van der Waals surface area contributed by atoms with E-state index in [0.717, 1.165) is 29.4 Å². The van der Waals surface area contributed by atoms with E-state index >= 15 is 0 Å². The average Bonchev–Trinajstić information content (AvgIpc) is 3.51. The molecule has 0 atom stereocenters. The molecule has 4 rings (SSSR count). The molecule has 1 saturated carbocycles. The van der Waals surface area contributed by atoms with Crippen molar-refractivity contribution in [3.63, 3.8) is 0 Å². The van der Waals surface area contributed by atoms with Crippen LogP contribution in [-0.4, -0.2) is 45.6 Å². The molecule has 0 unspecified atom stereocenters. The summed E-state index contributed by atoms with van der Waals surface area (Å²) in [5.74, 6) is 2.10. The van der Waals surface area contributed by atoms with E-state index in [9.17, 15) is 4.79 Å². The van der Waals surface area contributed by atoms with Crippen LogP contribution in [0.3, 0.4) is 0 Å². The van der Waals surface area contributed by atoms with Crippen LogP contribution in [0.2, 0.25) is 0 Å². The van der Waals surface area contributed by atoms with Gasteiger partial charge in [0.1, 0.15) is 0 Å². The summed E-state index contributed by atoms with van der Waals surface area (Å²) < 4.78 is 12.6. The largest absolute Gasteiger partial charge is 0.493 e. The summed E-state index contributed by atoms with van der Waals surface area (Å²) in [6.07, 6.45) is 5.68. The summed E-state index contributed by atoms with van der Waals surface area (Å²) in [4.78, 5) is 16.5. The number of rotatable bonds is 8. The van der Waals surface area contributed by atoms with Gasteiger partial charge in [-0.05, 0) is 37.1 Å². The van der Waals surface area contributed by atoms with Crippen molar-refractivity contribution in [2.75, 3.05) is 25.3 Å². The van der Waals surface area contributed by atoms with Gasteiger partial charge < -0.3 is 14.8 Å². The Hall–Kier alpha value is -3.07. The molecule has 0 bridgehead atoms. The average molecular weight is 411 g/mol. The Labute approximate surface area is 172 Å². The number of hydrogen-bond donors (Lipinski definition) is 1.